The van der Waals surface area contributed by atoms with E-state index in [2.05, 4.69) is 33.9 Å². The van der Waals surface area contributed by atoms with Crippen molar-refractivity contribution >= 4 is 23.5 Å². The number of hydrogen-bond acceptors (Lipinski definition) is 13. The first-order valence-electron chi connectivity index (χ1n) is 19.2. The Morgan fingerprint density at radius 1 is 0.897 bits per heavy atom. The molecule has 3 aromatic heterocycles. The molecule has 6 rings (SSSR count). The number of halogens is 1. The highest BCUT2D eigenvalue weighted by atomic mass is 19.1. The van der Waals surface area contributed by atoms with E-state index in [0.717, 1.165) is 28.2 Å². The minimum absolute atomic E-state index is 0.0290. The van der Waals surface area contributed by atoms with Crippen LogP contribution in [0.4, 0.5) is 26.6 Å². The number of benzene rings is 2. The molecule has 1 aliphatic heterocycles. The van der Waals surface area contributed by atoms with Gasteiger partial charge in [-0.1, -0.05) is 24.3 Å². The van der Waals surface area contributed by atoms with Gasteiger partial charge in [-0.25, -0.2) is 24.1 Å². The molecule has 0 radical (unpaired) electrons. The predicted octanol–water partition coefficient (Wildman–Crippen LogP) is 7.75. The molecule has 0 spiro atoms. The van der Waals surface area contributed by atoms with Crippen molar-refractivity contribution in [2.45, 2.75) is 72.3 Å². The zero-order valence-electron chi connectivity index (χ0n) is 34.6. The van der Waals surface area contributed by atoms with Crippen molar-refractivity contribution in [2.24, 2.45) is 0 Å². The number of aryl methyl sites for hydroxylation is 1. The van der Waals surface area contributed by atoms with Crippen LogP contribution in [0.1, 0.15) is 63.2 Å². The Labute approximate surface area is 339 Å². The minimum atomic E-state index is -0.621. The van der Waals surface area contributed by atoms with Gasteiger partial charge in [0.15, 0.2) is 11.6 Å². The number of pyridine rings is 2. The fraction of sp³-hybridized carbons (Fsp3) is 0.395. The van der Waals surface area contributed by atoms with Crippen LogP contribution in [0, 0.1) is 12.7 Å². The first-order valence-corrected chi connectivity index (χ1v) is 19.2. The average molecular weight is 794 g/mol. The third kappa shape index (κ3) is 10.3. The van der Waals surface area contributed by atoms with Crippen LogP contribution in [-0.4, -0.2) is 93.4 Å². The zero-order valence-corrected chi connectivity index (χ0v) is 34.6. The summed E-state index contributed by atoms with van der Waals surface area (Å²) in [5.41, 5.74) is 3.34. The van der Waals surface area contributed by atoms with Crippen molar-refractivity contribution in [3.63, 3.8) is 0 Å². The summed E-state index contributed by atoms with van der Waals surface area (Å²) in [6, 6.07) is 19.0. The van der Waals surface area contributed by atoms with E-state index in [0.29, 0.717) is 67.4 Å². The fourth-order valence-corrected chi connectivity index (χ4v) is 6.82. The van der Waals surface area contributed by atoms with Gasteiger partial charge in [0.05, 0.1) is 38.8 Å². The lowest BCUT2D eigenvalue weighted by molar-refractivity contribution is -0.000739. The number of hydrogen-bond donors (Lipinski definition) is 1. The molecule has 1 amide bonds. The summed E-state index contributed by atoms with van der Waals surface area (Å²) >= 11 is 0. The molecule has 0 aliphatic carbocycles. The number of nitrogens with zero attached hydrogens (tertiary/aromatic N) is 8. The first kappa shape index (κ1) is 41.5. The Morgan fingerprint density at radius 2 is 1.53 bits per heavy atom. The van der Waals surface area contributed by atoms with Crippen molar-refractivity contribution in [1.82, 2.24) is 34.7 Å². The number of carbonyl (C=O) groups excluding carboxylic acids is 1. The molecule has 1 fully saturated rings. The average Bonchev–Trinajstić information content (AvgIpc) is 3.20. The molecule has 2 aromatic carbocycles. The van der Waals surface area contributed by atoms with Gasteiger partial charge in [-0.2, -0.15) is 9.97 Å². The lowest BCUT2D eigenvalue weighted by atomic mass is 10.0. The van der Waals surface area contributed by atoms with Crippen LogP contribution < -0.4 is 24.4 Å². The van der Waals surface area contributed by atoms with Crippen LogP contribution in [0.25, 0.3) is 11.4 Å². The second-order valence-electron chi connectivity index (χ2n) is 15.3. The number of aromatic nitrogens is 5. The molecule has 2 atom stereocenters. The van der Waals surface area contributed by atoms with Crippen molar-refractivity contribution in [3.8, 4) is 28.8 Å². The van der Waals surface area contributed by atoms with Gasteiger partial charge in [0.1, 0.15) is 28.7 Å². The highest BCUT2D eigenvalue weighted by Crippen LogP contribution is 2.34. The highest BCUT2D eigenvalue weighted by Gasteiger charge is 2.33. The van der Waals surface area contributed by atoms with Gasteiger partial charge < -0.3 is 34.1 Å². The van der Waals surface area contributed by atoms with Gasteiger partial charge in [0.25, 0.3) is 0 Å². The van der Waals surface area contributed by atoms with E-state index in [1.54, 1.807) is 25.3 Å². The molecule has 0 saturated carbocycles. The number of anilines is 3. The largest absolute Gasteiger partial charge is 0.497 e. The highest BCUT2D eigenvalue weighted by molar-refractivity contribution is 5.75. The standard InChI is InChI=1S/C43H52FN9O5/c1-27-24-51(42(54)58-43(4,5)6)18-19-53(27)28(2)32-20-36(38(45-22-32)49-33-21-37(44)40(57-9)46-23-33)39-47-29(3)48-41(50-39)52(25-30-10-14-34(55-7)15-11-30)26-31-12-16-35(56-8)17-13-31/h10-17,20-23,27-28H,18-19,24-26H2,1-9H3,(H,45,49)/t27-,28-/m1/s1. The molecule has 58 heavy (non-hydrogen) atoms. The Bertz CT molecular complexity index is 2130. The van der Waals surface area contributed by atoms with E-state index in [9.17, 15) is 9.18 Å². The molecule has 1 aliphatic rings. The number of amides is 1. The topological polar surface area (TPSA) is 140 Å². The number of methoxy groups -OCH3 is 3. The van der Waals surface area contributed by atoms with Crippen molar-refractivity contribution < 1.29 is 28.1 Å². The number of ether oxygens (including phenoxy) is 4. The van der Waals surface area contributed by atoms with E-state index in [-0.39, 0.29) is 24.1 Å². The van der Waals surface area contributed by atoms with E-state index in [1.807, 2.05) is 82.3 Å². The van der Waals surface area contributed by atoms with Gasteiger partial charge in [-0.15, -0.1) is 0 Å². The smallest absolute Gasteiger partial charge is 0.410 e. The number of carbonyl (C=O) groups is 1. The normalized spacial score (nSPS) is 15.1. The van der Waals surface area contributed by atoms with Crippen LogP contribution >= 0.6 is 0 Å². The summed E-state index contributed by atoms with van der Waals surface area (Å²) in [5, 5.41) is 3.25. The lowest BCUT2D eigenvalue weighted by Gasteiger charge is -2.43. The molecular weight excluding hydrogens is 742 g/mol. The molecule has 14 nitrogen and oxygen atoms in total. The Morgan fingerprint density at radius 3 is 2.09 bits per heavy atom. The van der Waals surface area contributed by atoms with Crippen LogP contribution in [0.3, 0.4) is 0 Å². The maximum atomic E-state index is 14.8. The van der Waals surface area contributed by atoms with Crippen LogP contribution in [0.2, 0.25) is 0 Å². The Kier molecular flexibility index (Phi) is 12.9. The minimum Gasteiger partial charge on any atom is -0.497 e. The van der Waals surface area contributed by atoms with E-state index in [1.165, 1.54) is 19.4 Å². The third-order valence-electron chi connectivity index (χ3n) is 9.81. The fourth-order valence-electron chi connectivity index (χ4n) is 6.82. The monoisotopic (exact) mass is 793 g/mol. The van der Waals surface area contributed by atoms with Gasteiger partial charge in [-0.3, -0.25) is 4.90 Å². The second kappa shape index (κ2) is 18.0. The summed E-state index contributed by atoms with van der Waals surface area (Å²) in [6.07, 6.45) is 2.96. The SMILES string of the molecule is COc1ccc(CN(Cc2ccc(OC)cc2)c2nc(C)nc(-c3cc([C@@H](C)N4CCN(C(=O)OC(C)(C)C)C[C@H]4C)cnc3Nc3cnc(OC)c(F)c3)n2)cc1. The van der Waals surface area contributed by atoms with Crippen LogP contribution in [-0.2, 0) is 17.8 Å². The van der Waals surface area contributed by atoms with Crippen molar-refractivity contribution in [1.29, 1.82) is 0 Å². The molecule has 0 unspecified atom stereocenters. The zero-order chi connectivity index (χ0) is 41.6. The maximum Gasteiger partial charge on any atom is 0.410 e. The van der Waals surface area contributed by atoms with Gasteiger partial charge >= 0.3 is 6.09 Å². The van der Waals surface area contributed by atoms with E-state index in [4.69, 9.17) is 38.9 Å². The van der Waals surface area contributed by atoms with Crippen molar-refractivity contribution in [3.05, 3.63) is 101 Å². The summed E-state index contributed by atoms with van der Waals surface area (Å²) in [5.74, 6) is 2.53. The molecule has 0 bridgehead atoms. The third-order valence-corrected chi connectivity index (χ3v) is 9.81. The van der Waals surface area contributed by atoms with Gasteiger partial charge in [0.2, 0.25) is 11.8 Å². The molecule has 1 saturated heterocycles. The number of piperazine rings is 1. The summed E-state index contributed by atoms with van der Waals surface area (Å²) < 4.78 is 36.4. The van der Waals surface area contributed by atoms with Gasteiger partial charge in [0, 0.05) is 57.1 Å². The van der Waals surface area contributed by atoms with E-state index < -0.39 is 11.4 Å². The number of rotatable bonds is 13. The quantitative estimate of drug-likeness (QED) is 0.124. The van der Waals surface area contributed by atoms with Gasteiger partial charge in [-0.05, 0) is 88.6 Å². The molecule has 4 heterocycles. The second-order valence-corrected chi connectivity index (χ2v) is 15.3. The molecule has 15 heteroatoms. The molecular formula is C43H52FN9O5. The van der Waals surface area contributed by atoms with E-state index >= 15 is 0 Å². The molecule has 1 N–H and O–H groups in total. The van der Waals surface area contributed by atoms with Crippen molar-refractivity contribution in [2.75, 3.05) is 51.2 Å². The first-order chi connectivity index (χ1) is 27.7. The number of nitrogens with one attached hydrogen (secondary N) is 1. The maximum absolute atomic E-state index is 14.8. The Hall–Kier alpha value is -6.09. The Balaban J connectivity index is 1.38. The lowest BCUT2D eigenvalue weighted by Crippen LogP contribution is -2.54. The van der Waals surface area contributed by atoms with Crippen LogP contribution in [0.5, 0.6) is 17.4 Å². The molecule has 306 valence electrons. The predicted molar refractivity (Wildman–Crippen MR) is 220 cm³/mol. The summed E-state index contributed by atoms with van der Waals surface area (Å²) in [6.45, 7) is 14.3. The van der Waals surface area contributed by atoms with Crippen LogP contribution in [0.15, 0.2) is 73.1 Å². The summed E-state index contributed by atoms with van der Waals surface area (Å²) in [7, 11) is 4.65. The summed E-state index contributed by atoms with van der Waals surface area (Å²) in [4.78, 5) is 42.8. The molecule has 5 aromatic rings.